The quantitative estimate of drug-likeness (QED) is 0.544. The highest BCUT2D eigenvalue weighted by Crippen LogP contribution is 2.16. The van der Waals surface area contributed by atoms with Gasteiger partial charge in [-0.3, -0.25) is 4.79 Å². The fraction of sp³-hybridized carbons (Fsp3) is 0. The highest BCUT2D eigenvalue weighted by Gasteiger charge is 2.17. The van der Waals surface area contributed by atoms with Crippen LogP contribution in [0.2, 0.25) is 0 Å². The van der Waals surface area contributed by atoms with Gasteiger partial charge in [0, 0.05) is 11.1 Å². The van der Waals surface area contributed by atoms with Crippen LogP contribution in [0.15, 0.2) is 42.5 Å². The average Bonchev–Trinajstić information content (AvgIpc) is 2.31. The molecule has 0 saturated carbocycles. The molecule has 0 fully saturated rings. The molecule has 16 heavy (non-hydrogen) atoms. The molecular formula is C15H10O. The lowest BCUT2D eigenvalue weighted by Crippen LogP contribution is -2.32. The molecule has 2 aromatic rings. The molecule has 0 spiro atoms. The van der Waals surface area contributed by atoms with Crippen LogP contribution in [0, 0.1) is 0 Å². The SMILES string of the molecule is C=c1cccc2c1=Cc1ccccc1C2=O. The third-order valence-electron chi connectivity index (χ3n) is 2.95. The van der Waals surface area contributed by atoms with Crippen molar-refractivity contribution < 1.29 is 4.79 Å². The standard InChI is InChI=1S/C15H10O/c1-10-5-4-8-13-14(10)9-11-6-2-3-7-12(11)15(13)16/h2-9H,1H2. The molecule has 0 amide bonds. The fourth-order valence-electron chi connectivity index (χ4n) is 2.11. The van der Waals surface area contributed by atoms with Crippen molar-refractivity contribution in [3.8, 4) is 0 Å². The molecule has 0 aromatic heterocycles. The van der Waals surface area contributed by atoms with Crippen LogP contribution in [0.4, 0.5) is 0 Å². The molecule has 2 aromatic carbocycles. The minimum atomic E-state index is 0.0959. The van der Waals surface area contributed by atoms with Crippen molar-refractivity contribution in [1.29, 1.82) is 0 Å². The van der Waals surface area contributed by atoms with E-state index < -0.39 is 0 Å². The van der Waals surface area contributed by atoms with Gasteiger partial charge in [0.15, 0.2) is 5.78 Å². The Labute approximate surface area is 93.4 Å². The third-order valence-corrected chi connectivity index (χ3v) is 2.95. The summed E-state index contributed by atoms with van der Waals surface area (Å²) >= 11 is 0. The van der Waals surface area contributed by atoms with Gasteiger partial charge in [0.25, 0.3) is 0 Å². The van der Waals surface area contributed by atoms with Gasteiger partial charge in [0.05, 0.1) is 0 Å². The van der Waals surface area contributed by atoms with Crippen LogP contribution in [0.1, 0.15) is 21.5 Å². The van der Waals surface area contributed by atoms with Gasteiger partial charge in [-0.15, -0.1) is 0 Å². The van der Waals surface area contributed by atoms with Gasteiger partial charge in [-0.2, -0.15) is 0 Å². The summed E-state index contributed by atoms with van der Waals surface area (Å²) in [5.74, 6) is 0.0959. The Bertz CT molecular complexity index is 696. The number of carbonyl (C=O) groups excluding carboxylic acids is 1. The molecule has 1 heteroatoms. The van der Waals surface area contributed by atoms with Gasteiger partial charge in [-0.1, -0.05) is 49.0 Å². The van der Waals surface area contributed by atoms with Crippen molar-refractivity contribution in [3.05, 3.63) is 69.6 Å². The molecule has 0 atom stereocenters. The van der Waals surface area contributed by atoms with Crippen molar-refractivity contribution in [2.75, 3.05) is 0 Å². The molecule has 1 aliphatic rings. The topological polar surface area (TPSA) is 17.1 Å². The molecule has 1 aliphatic carbocycles. The largest absolute Gasteiger partial charge is 0.289 e. The van der Waals surface area contributed by atoms with Crippen molar-refractivity contribution >= 4 is 18.4 Å². The van der Waals surface area contributed by atoms with E-state index in [1.165, 1.54) is 0 Å². The van der Waals surface area contributed by atoms with Crippen molar-refractivity contribution in [3.63, 3.8) is 0 Å². The zero-order valence-electron chi connectivity index (χ0n) is 8.73. The lowest BCUT2D eigenvalue weighted by atomic mass is 9.91. The van der Waals surface area contributed by atoms with E-state index >= 15 is 0 Å². The maximum absolute atomic E-state index is 12.2. The second kappa shape index (κ2) is 3.17. The Hall–Kier alpha value is -2.15. The van der Waals surface area contributed by atoms with Gasteiger partial charge in [0.1, 0.15) is 0 Å². The van der Waals surface area contributed by atoms with Crippen LogP contribution in [-0.4, -0.2) is 5.78 Å². The highest BCUT2D eigenvalue weighted by atomic mass is 16.1. The number of hydrogen-bond acceptors (Lipinski definition) is 1. The average molecular weight is 206 g/mol. The molecular weight excluding hydrogens is 196 g/mol. The summed E-state index contributed by atoms with van der Waals surface area (Å²) in [5.41, 5.74) is 2.52. The first kappa shape index (κ1) is 9.10. The Kier molecular flexibility index (Phi) is 1.80. The molecule has 1 nitrogen and oxygen atoms in total. The van der Waals surface area contributed by atoms with E-state index in [0.29, 0.717) is 0 Å². The summed E-state index contributed by atoms with van der Waals surface area (Å²) < 4.78 is 0. The molecule has 0 aliphatic heterocycles. The molecule has 3 rings (SSSR count). The number of ketones is 1. The molecule has 0 unspecified atom stereocenters. The summed E-state index contributed by atoms with van der Waals surface area (Å²) in [5, 5.41) is 1.85. The zero-order valence-corrected chi connectivity index (χ0v) is 8.73. The summed E-state index contributed by atoms with van der Waals surface area (Å²) in [6.45, 7) is 3.96. The first-order valence-electron chi connectivity index (χ1n) is 5.21. The highest BCUT2D eigenvalue weighted by molar-refractivity contribution is 6.13. The normalized spacial score (nSPS) is 12.6. The third kappa shape index (κ3) is 1.15. The van der Waals surface area contributed by atoms with Crippen LogP contribution in [0.3, 0.4) is 0 Å². The van der Waals surface area contributed by atoms with Crippen LogP contribution >= 0.6 is 0 Å². The molecule has 0 saturated heterocycles. The predicted molar refractivity (Wildman–Crippen MR) is 64.7 cm³/mol. The molecule has 0 radical (unpaired) electrons. The fourth-order valence-corrected chi connectivity index (χ4v) is 2.11. The number of rotatable bonds is 0. The lowest BCUT2D eigenvalue weighted by Gasteiger charge is -2.11. The monoisotopic (exact) mass is 206 g/mol. The molecule has 0 heterocycles. The van der Waals surface area contributed by atoms with Gasteiger partial charge in [0.2, 0.25) is 0 Å². The van der Waals surface area contributed by atoms with Gasteiger partial charge in [-0.25, -0.2) is 0 Å². The van der Waals surface area contributed by atoms with Crippen LogP contribution in [-0.2, 0) is 0 Å². The van der Waals surface area contributed by atoms with Crippen molar-refractivity contribution in [2.24, 2.45) is 0 Å². The zero-order chi connectivity index (χ0) is 11.1. The predicted octanol–water partition coefficient (Wildman–Crippen LogP) is 1.47. The van der Waals surface area contributed by atoms with E-state index in [-0.39, 0.29) is 5.78 Å². The van der Waals surface area contributed by atoms with E-state index in [1.807, 2.05) is 48.5 Å². The van der Waals surface area contributed by atoms with Crippen molar-refractivity contribution in [1.82, 2.24) is 0 Å². The first-order valence-corrected chi connectivity index (χ1v) is 5.21. The second-order valence-electron chi connectivity index (χ2n) is 3.94. The molecule has 76 valence electrons. The molecule has 0 bridgehead atoms. The summed E-state index contributed by atoms with van der Waals surface area (Å²) in [6.07, 6.45) is 2.04. The summed E-state index contributed by atoms with van der Waals surface area (Å²) in [4.78, 5) is 12.2. The van der Waals surface area contributed by atoms with Crippen LogP contribution < -0.4 is 10.4 Å². The maximum Gasteiger partial charge on any atom is 0.194 e. The number of fused-ring (bicyclic) bond motifs is 2. The van der Waals surface area contributed by atoms with E-state index in [2.05, 4.69) is 6.58 Å². The van der Waals surface area contributed by atoms with Crippen molar-refractivity contribution in [2.45, 2.75) is 0 Å². The van der Waals surface area contributed by atoms with Gasteiger partial charge in [-0.05, 0) is 22.1 Å². The van der Waals surface area contributed by atoms with E-state index in [0.717, 1.165) is 27.1 Å². The van der Waals surface area contributed by atoms with Crippen LogP contribution in [0.5, 0.6) is 0 Å². The Morgan fingerprint density at radius 1 is 0.875 bits per heavy atom. The van der Waals surface area contributed by atoms with Gasteiger partial charge < -0.3 is 0 Å². The Balaban J connectivity index is 2.50. The smallest absolute Gasteiger partial charge is 0.194 e. The minimum absolute atomic E-state index is 0.0959. The second-order valence-corrected chi connectivity index (χ2v) is 3.94. The van der Waals surface area contributed by atoms with E-state index in [9.17, 15) is 4.79 Å². The minimum Gasteiger partial charge on any atom is -0.289 e. The van der Waals surface area contributed by atoms with Gasteiger partial charge >= 0.3 is 0 Å². The van der Waals surface area contributed by atoms with E-state index in [4.69, 9.17) is 0 Å². The number of hydrogen-bond donors (Lipinski definition) is 0. The number of benzene rings is 2. The van der Waals surface area contributed by atoms with E-state index in [1.54, 1.807) is 0 Å². The Morgan fingerprint density at radius 2 is 1.62 bits per heavy atom. The summed E-state index contributed by atoms with van der Waals surface area (Å²) in [6, 6.07) is 13.3. The Morgan fingerprint density at radius 3 is 2.50 bits per heavy atom. The summed E-state index contributed by atoms with van der Waals surface area (Å²) in [7, 11) is 0. The van der Waals surface area contributed by atoms with Crippen LogP contribution in [0.25, 0.3) is 12.7 Å². The lowest BCUT2D eigenvalue weighted by molar-refractivity contribution is 0.103. The molecule has 0 N–H and O–H groups in total. The number of carbonyl (C=O) groups is 1. The maximum atomic E-state index is 12.2. The first-order chi connectivity index (χ1) is 7.77.